The van der Waals surface area contributed by atoms with Crippen LogP contribution in [0.2, 0.25) is 0 Å². The molecule has 0 aromatic rings. The van der Waals surface area contributed by atoms with Crippen LogP contribution in [0.1, 0.15) is 96.8 Å². The molecule has 0 aromatic carbocycles. The molecular formula is C21H44ClNO2. The van der Waals surface area contributed by atoms with Crippen LogP contribution in [-0.2, 0) is 4.79 Å². The fraction of sp³-hybridized carbons (Fsp3) is 0.857. The Morgan fingerprint density at radius 2 is 1.08 bits per heavy atom. The summed E-state index contributed by atoms with van der Waals surface area (Å²) in [6.07, 6.45) is 21.1. The van der Waals surface area contributed by atoms with Crippen molar-refractivity contribution < 1.29 is 9.90 Å². The number of aliphatic carboxylic acids is 1. The van der Waals surface area contributed by atoms with Gasteiger partial charge in [0.1, 0.15) is 0 Å². The van der Waals surface area contributed by atoms with Gasteiger partial charge < -0.3 is 10.0 Å². The van der Waals surface area contributed by atoms with Gasteiger partial charge in [0.15, 0.2) is 0 Å². The molecule has 0 rings (SSSR count). The fourth-order valence-electron chi connectivity index (χ4n) is 2.62. The summed E-state index contributed by atoms with van der Waals surface area (Å²) >= 11 is 0. The van der Waals surface area contributed by atoms with Crippen molar-refractivity contribution in [2.75, 3.05) is 20.6 Å². The van der Waals surface area contributed by atoms with Gasteiger partial charge in [0.05, 0.1) is 0 Å². The van der Waals surface area contributed by atoms with Crippen molar-refractivity contribution in [2.24, 2.45) is 0 Å². The maximum atomic E-state index is 9.25. The van der Waals surface area contributed by atoms with Gasteiger partial charge in [0, 0.05) is 6.08 Å². The van der Waals surface area contributed by atoms with Crippen LogP contribution in [0, 0.1) is 0 Å². The van der Waals surface area contributed by atoms with Crippen LogP contribution in [0.3, 0.4) is 0 Å². The number of halogens is 1. The summed E-state index contributed by atoms with van der Waals surface area (Å²) < 4.78 is 0. The van der Waals surface area contributed by atoms with Gasteiger partial charge in [-0.1, -0.05) is 97.0 Å². The van der Waals surface area contributed by atoms with E-state index in [4.69, 9.17) is 5.11 Å². The van der Waals surface area contributed by atoms with E-state index in [0.717, 1.165) is 6.08 Å². The van der Waals surface area contributed by atoms with Crippen LogP contribution in [0.5, 0.6) is 0 Å². The number of rotatable bonds is 16. The van der Waals surface area contributed by atoms with Gasteiger partial charge in [-0.2, -0.15) is 0 Å². The van der Waals surface area contributed by atoms with Crippen LogP contribution in [-0.4, -0.2) is 36.6 Å². The second kappa shape index (κ2) is 25.7. The van der Waals surface area contributed by atoms with Crippen molar-refractivity contribution in [3.63, 3.8) is 0 Å². The third-order valence-corrected chi connectivity index (χ3v) is 4.13. The Labute approximate surface area is 163 Å². The molecule has 0 spiro atoms. The molecule has 0 aliphatic rings. The number of hydrogen-bond donors (Lipinski definition) is 1. The highest BCUT2D eigenvalue weighted by molar-refractivity contribution is 5.85. The van der Waals surface area contributed by atoms with E-state index in [-0.39, 0.29) is 12.4 Å². The van der Waals surface area contributed by atoms with Crippen molar-refractivity contribution >= 4 is 18.4 Å². The Balaban J connectivity index is -0.000000704. The zero-order valence-corrected chi connectivity index (χ0v) is 17.9. The molecule has 0 unspecified atom stereocenters. The summed E-state index contributed by atoms with van der Waals surface area (Å²) in [4.78, 5) is 11.5. The largest absolute Gasteiger partial charge is 0.478 e. The lowest BCUT2D eigenvalue weighted by molar-refractivity contribution is -0.131. The molecule has 0 saturated heterocycles. The monoisotopic (exact) mass is 377 g/mol. The first kappa shape index (κ1) is 29.2. The SMILES string of the molecule is C=CC(=O)O.CCCCCCCCCCCCCCCCN(C)C.Cl. The van der Waals surface area contributed by atoms with Crippen LogP contribution >= 0.6 is 12.4 Å². The fourth-order valence-corrected chi connectivity index (χ4v) is 2.62. The lowest BCUT2D eigenvalue weighted by atomic mass is 10.0. The van der Waals surface area contributed by atoms with Crippen molar-refractivity contribution in [1.82, 2.24) is 4.90 Å². The Bertz CT molecular complexity index is 271. The minimum atomic E-state index is -0.981. The van der Waals surface area contributed by atoms with Crippen molar-refractivity contribution in [3.05, 3.63) is 12.7 Å². The van der Waals surface area contributed by atoms with E-state index in [9.17, 15) is 4.79 Å². The average Bonchev–Trinajstić information content (AvgIpc) is 2.55. The lowest BCUT2D eigenvalue weighted by Gasteiger charge is -2.08. The molecule has 0 aromatic heterocycles. The van der Waals surface area contributed by atoms with Gasteiger partial charge in [-0.15, -0.1) is 12.4 Å². The Kier molecular flexibility index (Phi) is 30.0. The number of carboxylic acids is 1. The predicted octanol–water partition coefficient (Wildman–Crippen LogP) is 6.71. The average molecular weight is 378 g/mol. The zero-order chi connectivity index (χ0) is 18.5. The molecule has 3 nitrogen and oxygen atoms in total. The third kappa shape index (κ3) is 35.4. The first-order valence-electron chi connectivity index (χ1n) is 10.0. The Hall–Kier alpha value is -0.540. The van der Waals surface area contributed by atoms with Gasteiger partial charge in [0.2, 0.25) is 0 Å². The van der Waals surface area contributed by atoms with E-state index < -0.39 is 5.97 Å². The van der Waals surface area contributed by atoms with Crippen LogP contribution in [0.4, 0.5) is 0 Å². The van der Waals surface area contributed by atoms with E-state index in [1.807, 2.05) is 0 Å². The number of carbonyl (C=O) groups is 1. The molecular weight excluding hydrogens is 334 g/mol. The van der Waals surface area contributed by atoms with E-state index in [1.165, 1.54) is 96.4 Å². The van der Waals surface area contributed by atoms with Crippen molar-refractivity contribution in [1.29, 1.82) is 0 Å². The van der Waals surface area contributed by atoms with Gasteiger partial charge in [-0.3, -0.25) is 0 Å². The second-order valence-electron chi connectivity index (χ2n) is 6.94. The quantitative estimate of drug-likeness (QED) is 0.240. The smallest absolute Gasteiger partial charge is 0.327 e. The van der Waals surface area contributed by atoms with Crippen molar-refractivity contribution in [3.8, 4) is 0 Å². The molecule has 0 saturated carbocycles. The van der Waals surface area contributed by atoms with Gasteiger partial charge >= 0.3 is 5.97 Å². The molecule has 0 amide bonds. The molecule has 0 heterocycles. The first-order chi connectivity index (χ1) is 11.5. The van der Waals surface area contributed by atoms with Crippen molar-refractivity contribution in [2.45, 2.75) is 96.8 Å². The molecule has 4 heteroatoms. The highest BCUT2D eigenvalue weighted by atomic mass is 35.5. The maximum absolute atomic E-state index is 9.25. The van der Waals surface area contributed by atoms with E-state index >= 15 is 0 Å². The lowest BCUT2D eigenvalue weighted by Crippen LogP contribution is -2.12. The molecule has 0 atom stereocenters. The highest BCUT2D eigenvalue weighted by Gasteiger charge is 1.94. The van der Waals surface area contributed by atoms with Gasteiger partial charge in [-0.25, -0.2) is 4.79 Å². The first-order valence-corrected chi connectivity index (χ1v) is 10.0. The minimum Gasteiger partial charge on any atom is -0.478 e. The Morgan fingerprint density at radius 1 is 0.800 bits per heavy atom. The normalized spacial score (nSPS) is 9.92. The van der Waals surface area contributed by atoms with Gasteiger partial charge in [-0.05, 0) is 27.1 Å². The number of carboxylic acid groups (broad SMARTS) is 1. The third-order valence-electron chi connectivity index (χ3n) is 4.13. The molecule has 0 radical (unpaired) electrons. The number of unbranched alkanes of at least 4 members (excludes halogenated alkanes) is 13. The number of hydrogen-bond acceptors (Lipinski definition) is 2. The minimum absolute atomic E-state index is 0. The van der Waals surface area contributed by atoms with Crippen LogP contribution in [0.25, 0.3) is 0 Å². The van der Waals surface area contributed by atoms with E-state index in [1.54, 1.807) is 0 Å². The van der Waals surface area contributed by atoms with E-state index in [0.29, 0.717) is 0 Å². The topological polar surface area (TPSA) is 40.5 Å². The molecule has 152 valence electrons. The highest BCUT2D eigenvalue weighted by Crippen LogP contribution is 2.12. The molecule has 25 heavy (non-hydrogen) atoms. The standard InChI is InChI=1S/C18H39N.C3H4O2.ClH/c1-4-5-6-7-8-9-10-11-12-13-14-15-16-17-18-19(2)3;1-2-3(4)5;/h4-18H2,1-3H3;2H,1H2,(H,4,5);1H. The predicted molar refractivity (Wildman–Crippen MR) is 114 cm³/mol. The number of nitrogens with zero attached hydrogens (tertiary/aromatic N) is 1. The molecule has 0 bridgehead atoms. The molecule has 1 N–H and O–H groups in total. The summed E-state index contributed by atoms with van der Waals surface area (Å²) in [5, 5.41) is 7.60. The summed E-state index contributed by atoms with van der Waals surface area (Å²) in [5.41, 5.74) is 0. The maximum Gasteiger partial charge on any atom is 0.327 e. The summed E-state index contributed by atoms with van der Waals surface area (Å²) in [7, 11) is 4.34. The van der Waals surface area contributed by atoms with Gasteiger partial charge in [0.25, 0.3) is 0 Å². The van der Waals surface area contributed by atoms with Crippen LogP contribution < -0.4 is 0 Å². The summed E-state index contributed by atoms with van der Waals surface area (Å²) in [6.45, 7) is 6.51. The summed E-state index contributed by atoms with van der Waals surface area (Å²) in [5.74, 6) is -0.981. The molecule has 0 aliphatic heterocycles. The molecule has 0 aliphatic carbocycles. The molecule has 0 fully saturated rings. The summed E-state index contributed by atoms with van der Waals surface area (Å²) in [6, 6.07) is 0. The Morgan fingerprint density at radius 3 is 1.32 bits per heavy atom. The second-order valence-corrected chi connectivity index (χ2v) is 6.94. The zero-order valence-electron chi connectivity index (χ0n) is 17.1. The van der Waals surface area contributed by atoms with E-state index in [2.05, 4.69) is 32.5 Å². The van der Waals surface area contributed by atoms with Crippen LogP contribution in [0.15, 0.2) is 12.7 Å².